The van der Waals surface area contributed by atoms with Crippen LogP contribution in [-0.4, -0.2) is 27.8 Å². The second-order valence-electron chi connectivity index (χ2n) is 6.49. The first kappa shape index (κ1) is 18.6. The molecule has 6 heteroatoms. The predicted octanol–water partition coefficient (Wildman–Crippen LogP) is 3.42. The van der Waals surface area contributed by atoms with Crippen LogP contribution in [0.25, 0.3) is 11.0 Å². The van der Waals surface area contributed by atoms with Crippen molar-refractivity contribution < 1.29 is 9.59 Å². The van der Waals surface area contributed by atoms with Crippen molar-refractivity contribution in [2.24, 2.45) is 0 Å². The van der Waals surface area contributed by atoms with Crippen molar-refractivity contribution in [3.8, 4) is 0 Å². The zero-order valence-electron chi connectivity index (χ0n) is 15.4. The Hall–Kier alpha value is -3.15. The summed E-state index contributed by atoms with van der Waals surface area (Å²) in [6.07, 6.45) is 2.36. The second-order valence-corrected chi connectivity index (χ2v) is 6.49. The van der Waals surface area contributed by atoms with Gasteiger partial charge in [-0.2, -0.15) is 0 Å². The molecule has 3 N–H and O–H groups in total. The van der Waals surface area contributed by atoms with Crippen LogP contribution in [0, 0.1) is 0 Å². The molecule has 0 saturated carbocycles. The lowest BCUT2D eigenvalue weighted by Crippen LogP contribution is -2.44. The van der Waals surface area contributed by atoms with Crippen molar-refractivity contribution in [1.82, 2.24) is 15.3 Å². The Morgan fingerprint density at radius 2 is 1.81 bits per heavy atom. The molecule has 0 aliphatic rings. The van der Waals surface area contributed by atoms with E-state index in [1.807, 2.05) is 61.5 Å². The molecule has 0 fully saturated rings. The lowest BCUT2D eigenvalue weighted by Gasteiger charge is -2.17. The molecule has 6 nitrogen and oxygen atoms in total. The highest BCUT2D eigenvalue weighted by Crippen LogP contribution is 2.14. The molecule has 1 unspecified atom stereocenters. The number of benzene rings is 2. The number of amides is 2. The van der Waals surface area contributed by atoms with Crippen molar-refractivity contribution >= 4 is 28.8 Å². The number of nitrogens with one attached hydrogen (secondary N) is 3. The van der Waals surface area contributed by atoms with E-state index >= 15 is 0 Å². The average Bonchev–Trinajstić information content (AvgIpc) is 3.09. The summed E-state index contributed by atoms with van der Waals surface area (Å²) in [4.78, 5) is 32.3. The van der Waals surface area contributed by atoms with E-state index in [1.54, 1.807) is 0 Å². The number of nitrogens with zero attached hydrogens (tertiary/aromatic N) is 1. The molecule has 1 aromatic heterocycles. The van der Waals surface area contributed by atoms with Gasteiger partial charge in [0.15, 0.2) is 0 Å². The summed E-state index contributed by atoms with van der Waals surface area (Å²) in [5.41, 5.74) is 2.74. The minimum atomic E-state index is -0.577. The fourth-order valence-corrected chi connectivity index (χ4v) is 2.94. The molecular weight excluding hydrogens is 340 g/mol. The van der Waals surface area contributed by atoms with E-state index in [-0.39, 0.29) is 11.8 Å². The largest absolute Gasteiger partial charge is 0.344 e. The van der Waals surface area contributed by atoms with E-state index in [2.05, 4.69) is 20.6 Å². The maximum Gasteiger partial charge on any atom is 0.249 e. The summed E-state index contributed by atoms with van der Waals surface area (Å²) in [7, 11) is 0. The number of rotatable bonds is 8. The van der Waals surface area contributed by atoms with E-state index < -0.39 is 6.04 Å². The molecule has 1 heterocycles. The molecule has 3 aromatic rings. The number of aromatic amines is 1. The Kier molecular flexibility index (Phi) is 6.20. The molecule has 0 radical (unpaired) electrons. The number of para-hydroxylation sites is 2. The topological polar surface area (TPSA) is 86.9 Å². The standard InChI is InChI=1S/C21H24N4O2/c1-2-8-18(22-19(26)14-13-15-9-4-3-5-10-15)20(27)25-21-23-16-11-6-7-12-17(16)24-21/h3-7,9-12,18H,2,8,13-14H2,1H3,(H,22,26)(H2,23,24,25,27). The number of imidazole rings is 1. The molecule has 1 atom stereocenters. The first-order valence-corrected chi connectivity index (χ1v) is 9.24. The molecular formula is C21H24N4O2. The number of aromatic nitrogens is 2. The molecule has 2 amide bonds. The first-order chi connectivity index (χ1) is 13.2. The van der Waals surface area contributed by atoms with Crippen molar-refractivity contribution in [3.05, 3.63) is 60.2 Å². The Morgan fingerprint density at radius 3 is 2.56 bits per heavy atom. The van der Waals surface area contributed by atoms with Gasteiger partial charge >= 0.3 is 0 Å². The van der Waals surface area contributed by atoms with Crippen LogP contribution in [0.4, 0.5) is 5.95 Å². The van der Waals surface area contributed by atoms with Crippen molar-refractivity contribution in [2.45, 2.75) is 38.6 Å². The normalized spacial score (nSPS) is 11.9. The van der Waals surface area contributed by atoms with Gasteiger partial charge in [0.2, 0.25) is 17.8 Å². The Balaban J connectivity index is 1.58. The molecule has 2 aromatic carbocycles. The van der Waals surface area contributed by atoms with Crippen LogP contribution in [0.15, 0.2) is 54.6 Å². The van der Waals surface area contributed by atoms with Crippen LogP contribution in [0.2, 0.25) is 0 Å². The highest BCUT2D eigenvalue weighted by Gasteiger charge is 2.21. The van der Waals surface area contributed by atoms with Crippen molar-refractivity contribution in [3.63, 3.8) is 0 Å². The van der Waals surface area contributed by atoms with Gasteiger partial charge in [-0.05, 0) is 30.5 Å². The maximum atomic E-state index is 12.6. The van der Waals surface area contributed by atoms with E-state index in [0.29, 0.717) is 25.2 Å². The third kappa shape index (κ3) is 5.17. The van der Waals surface area contributed by atoms with Crippen LogP contribution in [0.3, 0.4) is 0 Å². The molecule has 3 rings (SSSR count). The molecule has 140 valence electrons. The molecule has 0 spiro atoms. The Bertz CT molecular complexity index is 872. The van der Waals surface area contributed by atoms with Gasteiger partial charge in [0.25, 0.3) is 0 Å². The fraction of sp³-hybridized carbons (Fsp3) is 0.286. The highest BCUT2D eigenvalue weighted by atomic mass is 16.2. The van der Waals surface area contributed by atoms with Crippen LogP contribution in [-0.2, 0) is 16.0 Å². The highest BCUT2D eigenvalue weighted by molar-refractivity contribution is 5.97. The zero-order valence-corrected chi connectivity index (χ0v) is 15.4. The first-order valence-electron chi connectivity index (χ1n) is 9.24. The molecule has 0 saturated heterocycles. The predicted molar refractivity (Wildman–Crippen MR) is 106 cm³/mol. The average molecular weight is 364 g/mol. The number of anilines is 1. The second kappa shape index (κ2) is 8.98. The summed E-state index contributed by atoms with van der Waals surface area (Å²) in [5, 5.41) is 5.62. The van der Waals surface area contributed by atoms with Crippen LogP contribution >= 0.6 is 0 Å². The zero-order chi connectivity index (χ0) is 19.1. The van der Waals surface area contributed by atoms with Gasteiger partial charge in [-0.1, -0.05) is 55.8 Å². The lowest BCUT2D eigenvalue weighted by molar-refractivity contribution is -0.126. The molecule has 0 bridgehead atoms. The van der Waals surface area contributed by atoms with Crippen molar-refractivity contribution in [2.75, 3.05) is 5.32 Å². The Labute approximate surface area is 158 Å². The van der Waals surface area contributed by atoms with Gasteiger partial charge in [-0.15, -0.1) is 0 Å². The van der Waals surface area contributed by atoms with Gasteiger partial charge in [-0.25, -0.2) is 4.98 Å². The molecule has 0 aliphatic heterocycles. The third-order valence-electron chi connectivity index (χ3n) is 4.34. The summed E-state index contributed by atoms with van der Waals surface area (Å²) in [5.74, 6) is 0.00173. The number of H-pyrrole nitrogens is 1. The minimum Gasteiger partial charge on any atom is -0.344 e. The summed E-state index contributed by atoms with van der Waals surface area (Å²) in [6, 6.07) is 16.8. The van der Waals surface area contributed by atoms with Crippen LogP contribution < -0.4 is 10.6 Å². The number of carbonyl (C=O) groups is 2. The SMILES string of the molecule is CCCC(NC(=O)CCc1ccccc1)C(=O)Nc1nc2ccccc2[nH]1. The van der Waals surface area contributed by atoms with Gasteiger partial charge in [0.1, 0.15) is 6.04 Å². The van der Waals surface area contributed by atoms with E-state index in [0.717, 1.165) is 23.0 Å². The lowest BCUT2D eigenvalue weighted by atomic mass is 10.1. The van der Waals surface area contributed by atoms with E-state index in [9.17, 15) is 9.59 Å². The van der Waals surface area contributed by atoms with Gasteiger partial charge in [-0.3, -0.25) is 14.9 Å². The van der Waals surface area contributed by atoms with Crippen LogP contribution in [0.5, 0.6) is 0 Å². The minimum absolute atomic E-state index is 0.128. The van der Waals surface area contributed by atoms with E-state index in [4.69, 9.17) is 0 Å². The number of aryl methyl sites for hydroxylation is 1. The van der Waals surface area contributed by atoms with Gasteiger partial charge < -0.3 is 10.3 Å². The number of hydrogen-bond acceptors (Lipinski definition) is 3. The summed E-state index contributed by atoms with van der Waals surface area (Å²) >= 11 is 0. The van der Waals surface area contributed by atoms with Gasteiger partial charge in [0.05, 0.1) is 11.0 Å². The number of hydrogen-bond donors (Lipinski definition) is 3. The van der Waals surface area contributed by atoms with E-state index in [1.165, 1.54) is 0 Å². The monoisotopic (exact) mass is 364 g/mol. The molecule has 27 heavy (non-hydrogen) atoms. The maximum absolute atomic E-state index is 12.6. The summed E-state index contributed by atoms with van der Waals surface area (Å²) < 4.78 is 0. The van der Waals surface area contributed by atoms with Crippen molar-refractivity contribution in [1.29, 1.82) is 0 Å². The quantitative estimate of drug-likeness (QED) is 0.572. The van der Waals surface area contributed by atoms with Crippen LogP contribution in [0.1, 0.15) is 31.7 Å². The summed E-state index contributed by atoms with van der Waals surface area (Å²) in [6.45, 7) is 1.98. The smallest absolute Gasteiger partial charge is 0.249 e. The molecule has 0 aliphatic carbocycles. The number of fused-ring (bicyclic) bond motifs is 1. The third-order valence-corrected chi connectivity index (χ3v) is 4.34. The fourth-order valence-electron chi connectivity index (χ4n) is 2.94. The number of carbonyl (C=O) groups excluding carboxylic acids is 2. The Morgan fingerprint density at radius 1 is 1.07 bits per heavy atom. The van der Waals surface area contributed by atoms with Gasteiger partial charge in [0, 0.05) is 6.42 Å².